The van der Waals surface area contributed by atoms with Crippen molar-refractivity contribution in [1.29, 1.82) is 0 Å². The van der Waals surface area contributed by atoms with Gasteiger partial charge in [0.2, 0.25) is 5.16 Å². The molecule has 0 aliphatic heterocycles. The zero-order valence-corrected chi connectivity index (χ0v) is 14.6. The Hall–Kier alpha value is -0.950. The molecule has 1 aromatic carbocycles. The van der Waals surface area contributed by atoms with E-state index in [9.17, 15) is 0 Å². The Balaban J connectivity index is 1.97. The molecule has 2 aromatic rings. The van der Waals surface area contributed by atoms with Crippen LogP contribution in [0, 0.1) is 0 Å². The quantitative estimate of drug-likeness (QED) is 0.439. The maximum Gasteiger partial charge on any atom is 0.210 e. The van der Waals surface area contributed by atoms with Gasteiger partial charge in [-0.25, -0.2) is 4.68 Å². The zero-order valence-electron chi connectivity index (χ0n) is 12.3. The minimum absolute atomic E-state index is 0.503. The van der Waals surface area contributed by atoms with Crippen LogP contribution in [0.25, 0.3) is 11.4 Å². The largest absolute Gasteiger partial charge is 0.385 e. The first-order valence-corrected chi connectivity index (χ1v) is 8.65. The topological polar surface area (TPSA) is 66.0 Å². The summed E-state index contributed by atoms with van der Waals surface area (Å²) < 4.78 is 6.49. The van der Waals surface area contributed by atoms with Crippen LogP contribution in [0.5, 0.6) is 0 Å². The van der Waals surface area contributed by atoms with E-state index in [-0.39, 0.29) is 0 Å². The van der Waals surface area contributed by atoms with Gasteiger partial charge in [-0.3, -0.25) is 0 Å². The van der Waals surface area contributed by atoms with Gasteiger partial charge < -0.3 is 10.6 Å². The zero-order chi connectivity index (χ0) is 15.9. The van der Waals surface area contributed by atoms with E-state index >= 15 is 0 Å². The number of aromatic nitrogens is 3. The average molecular weight is 361 g/mol. The molecule has 0 radical (unpaired) electrons. The lowest BCUT2D eigenvalue weighted by molar-refractivity contribution is 0.192. The molecular weight excluding hydrogens is 343 g/mol. The fraction of sp³-hybridized carbons (Fsp3) is 0.429. The number of nitrogen functional groups attached to an aromatic ring is 1. The Kier molecular flexibility index (Phi) is 6.82. The van der Waals surface area contributed by atoms with Gasteiger partial charge in [0.15, 0.2) is 5.82 Å². The predicted molar refractivity (Wildman–Crippen MR) is 92.1 cm³/mol. The minimum Gasteiger partial charge on any atom is -0.385 e. The highest BCUT2D eigenvalue weighted by Gasteiger charge is 2.14. The Morgan fingerprint density at radius 2 is 2.05 bits per heavy atom. The monoisotopic (exact) mass is 360 g/mol. The molecule has 120 valence electrons. The summed E-state index contributed by atoms with van der Waals surface area (Å²) in [6.07, 6.45) is 3.27. The van der Waals surface area contributed by atoms with Crippen LogP contribution in [-0.4, -0.2) is 34.3 Å². The number of ether oxygens (including phenoxy) is 1. The number of unbranched alkanes of at least 4 members (excludes halogenated alkanes) is 2. The third kappa shape index (κ3) is 4.52. The summed E-state index contributed by atoms with van der Waals surface area (Å²) in [5.74, 6) is 7.53. The maximum absolute atomic E-state index is 6.18. The lowest BCUT2D eigenvalue weighted by Gasteiger charge is -2.05. The number of methoxy groups -OCH3 is 1. The molecule has 1 heterocycles. The molecule has 8 heteroatoms. The summed E-state index contributed by atoms with van der Waals surface area (Å²) in [4.78, 5) is 0. The number of rotatable bonds is 8. The van der Waals surface area contributed by atoms with Crippen molar-refractivity contribution in [3.05, 3.63) is 28.2 Å². The maximum atomic E-state index is 6.18. The number of benzene rings is 1. The molecule has 2 N–H and O–H groups in total. The SMILES string of the molecule is COCCCCCSc1nnc(-c2ccc(Cl)cc2Cl)n1N. The number of hydrogen-bond acceptors (Lipinski definition) is 5. The van der Waals surface area contributed by atoms with E-state index in [1.165, 1.54) is 4.68 Å². The molecule has 0 amide bonds. The van der Waals surface area contributed by atoms with Crippen molar-refractivity contribution in [2.75, 3.05) is 25.3 Å². The van der Waals surface area contributed by atoms with Gasteiger partial charge in [0.1, 0.15) is 0 Å². The second kappa shape index (κ2) is 8.62. The molecule has 2 rings (SSSR count). The molecule has 1 aromatic heterocycles. The molecule has 0 spiro atoms. The van der Waals surface area contributed by atoms with Crippen molar-refractivity contribution in [1.82, 2.24) is 14.9 Å². The Morgan fingerprint density at radius 3 is 2.77 bits per heavy atom. The Bertz CT molecular complexity index is 621. The normalized spacial score (nSPS) is 11.0. The van der Waals surface area contributed by atoms with Gasteiger partial charge in [-0.1, -0.05) is 41.4 Å². The molecule has 0 saturated heterocycles. The molecule has 0 atom stereocenters. The molecule has 22 heavy (non-hydrogen) atoms. The predicted octanol–water partition coefficient (Wildman–Crippen LogP) is 3.87. The highest BCUT2D eigenvalue weighted by molar-refractivity contribution is 7.99. The summed E-state index contributed by atoms with van der Waals surface area (Å²) in [5.41, 5.74) is 0.716. The van der Waals surface area contributed by atoms with Crippen molar-refractivity contribution in [2.45, 2.75) is 24.4 Å². The van der Waals surface area contributed by atoms with Gasteiger partial charge >= 0.3 is 0 Å². The van der Waals surface area contributed by atoms with E-state index in [4.69, 9.17) is 33.8 Å². The van der Waals surface area contributed by atoms with Crippen molar-refractivity contribution >= 4 is 35.0 Å². The van der Waals surface area contributed by atoms with E-state index < -0.39 is 0 Å². The van der Waals surface area contributed by atoms with Crippen molar-refractivity contribution in [3.63, 3.8) is 0 Å². The number of nitrogens with two attached hydrogens (primary N) is 1. The summed E-state index contributed by atoms with van der Waals surface area (Å²) in [5, 5.41) is 10.00. The minimum atomic E-state index is 0.503. The van der Waals surface area contributed by atoms with Gasteiger partial charge in [0.05, 0.1) is 5.02 Å². The van der Waals surface area contributed by atoms with Crippen LogP contribution >= 0.6 is 35.0 Å². The van der Waals surface area contributed by atoms with Gasteiger partial charge in [0, 0.05) is 30.1 Å². The number of halogens is 2. The van der Waals surface area contributed by atoms with Crippen LogP contribution < -0.4 is 5.84 Å². The van der Waals surface area contributed by atoms with E-state index in [0.29, 0.717) is 26.6 Å². The third-order valence-corrected chi connectivity index (χ3v) is 4.64. The molecule has 0 aliphatic rings. The van der Waals surface area contributed by atoms with Crippen molar-refractivity contribution in [3.8, 4) is 11.4 Å². The van der Waals surface area contributed by atoms with Crippen LogP contribution in [0.15, 0.2) is 23.4 Å². The second-order valence-electron chi connectivity index (χ2n) is 4.70. The molecule has 0 aliphatic carbocycles. The molecule has 0 fully saturated rings. The summed E-state index contributed by atoms with van der Waals surface area (Å²) in [7, 11) is 1.72. The molecule has 0 saturated carbocycles. The van der Waals surface area contributed by atoms with Crippen molar-refractivity contribution in [2.24, 2.45) is 0 Å². The first kappa shape index (κ1) is 17.4. The van der Waals surface area contributed by atoms with E-state index in [1.807, 2.05) is 0 Å². The van der Waals surface area contributed by atoms with Gasteiger partial charge in [-0.2, -0.15) is 0 Å². The van der Waals surface area contributed by atoms with Gasteiger partial charge in [-0.05, 0) is 31.0 Å². The Morgan fingerprint density at radius 1 is 1.23 bits per heavy atom. The Labute approximate surface area is 144 Å². The van der Waals surface area contributed by atoms with Gasteiger partial charge in [-0.15, -0.1) is 10.2 Å². The fourth-order valence-corrected chi connectivity index (χ4v) is 3.27. The molecule has 0 bridgehead atoms. The fourth-order valence-electron chi connectivity index (χ4n) is 1.92. The van der Waals surface area contributed by atoms with E-state index in [2.05, 4.69) is 10.2 Å². The second-order valence-corrected chi connectivity index (χ2v) is 6.61. The highest BCUT2D eigenvalue weighted by Crippen LogP contribution is 2.30. The third-order valence-electron chi connectivity index (χ3n) is 3.06. The van der Waals surface area contributed by atoms with Crippen LogP contribution in [0.4, 0.5) is 0 Å². The first-order chi connectivity index (χ1) is 10.6. The number of thioether (sulfide) groups is 1. The summed E-state index contributed by atoms with van der Waals surface area (Å²) in [6.45, 7) is 0.803. The standard InChI is InChI=1S/C14H18Cl2N4OS/c1-21-7-3-2-4-8-22-14-19-18-13(20(14)17)11-6-5-10(15)9-12(11)16/h5-6,9H,2-4,7-8,17H2,1H3. The lowest BCUT2D eigenvalue weighted by atomic mass is 10.2. The lowest BCUT2D eigenvalue weighted by Crippen LogP contribution is -2.11. The molecule has 5 nitrogen and oxygen atoms in total. The highest BCUT2D eigenvalue weighted by atomic mass is 35.5. The van der Waals surface area contributed by atoms with E-state index in [1.54, 1.807) is 37.1 Å². The number of nitrogens with zero attached hydrogens (tertiary/aromatic N) is 3. The summed E-state index contributed by atoms with van der Waals surface area (Å²) in [6, 6.07) is 5.20. The van der Waals surface area contributed by atoms with Crippen LogP contribution in [-0.2, 0) is 4.74 Å². The first-order valence-electron chi connectivity index (χ1n) is 6.91. The molecular formula is C14H18Cl2N4OS. The molecule has 0 unspecified atom stereocenters. The van der Waals surface area contributed by atoms with Crippen LogP contribution in [0.3, 0.4) is 0 Å². The number of hydrogen-bond donors (Lipinski definition) is 1. The van der Waals surface area contributed by atoms with Crippen molar-refractivity contribution < 1.29 is 4.74 Å². The van der Waals surface area contributed by atoms with Gasteiger partial charge in [0.25, 0.3) is 0 Å². The smallest absolute Gasteiger partial charge is 0.210 e. The summed E-state index contributed by atoms with van der Waals surface area (Å²) >= 11 is 13.7. The average Bonchev–Trinajstić information content (AvgIpc) is 2.84. The van der Waals surface area contributed by atoms with E-state index in [0.717, 1.165) is 31.6 Å². The van der Waals surface area contributed by atoms with Crippen LogP contribution in [0.1, 0.15) is 19.3 Å². The van der Waals surface area contributed by atoms with Crippen LogP contribution in [0.2, 0.25) is 10.0 Å².